The van der Waals surface area contributed by atoms with Crippen LogP contribution in [0.25, 0.3) is 0 Å². The van der Waals surface area contributed by atoms with E-state index >= 15 is 0 Å². The number of aromatic nitrogens is 2. The van der Waals surface area contributed by atoms with E-state index in [4.69, 9.17) is 0 Å². The molecule has 1 aromatic heterocycles. The summed E-state index contributed by atoms with van der Waals surface area (Å²) in [6.07, 6.45) is 4.15. The third kappa shape index (κ3) is 3.67. The topological polar surface area (TPSA) is 58.1 Å². The third-order valence-electron chi connectivity index (χ3n) is 4.29. The van der Waals surface area contributed by atoms with Crippen molar-refractivity contribution in [3.05, 3.63) is 52.8 Å². The van der Waals surface area contributed by atoms with Crippen LogP contribution in [0.4, 0.5) is 5.95 Å². The molecule has 0 saturated carbocycles. The molecule has 0 atom stereocenters. The summed E-state index contributed by atoms with van der Waals surface area (Å²) in [7, 11) is 0. The molecule has 1 saturated heterocycles. The summed E-state index contributed by atoms with van der Waals surface area (Å²) in [6, 6.07) is 7.59. The van der Waals surface area contributed by atoms with Crippen LogP contribution in [0.3, 0.4) is 0 Å². The first-order valence-electron chi connectivity index (χ1n) is 8.06. The first-order chi connectivity index (χ1) is 11.1. The Hall–Kier alpha value is -2.43. The molecule has 0 bridgehead atoms. The van der Waals surface area contributed by atoms with E-state index in [1.165, 1.54) is 18.4 Å². The Balaban J connectivity index is 1.64. The number of aryl methyl sites for hydroxylation is 2. The predicted molar refractivity (Wildman–Crippen MR) is 90.6 cm³/mol. The van der Waals surface area contributed by atoms with Gasteiger partial charge in [-0.3, -0.25) is 4.79 Å². The second-order valence-corrected chi connectivity index (χ2v) is 6.02. The van der Waals surface area contributed by atoms with E-state index in [1.807, 2.05) is 38.1 Å². The third-order valence-corrected chi connectivity index (χ3v) is 4.29. The number of hydrogen-bond acceptors (Lipinski definition) is 4. The number of carbonyl (C=O) groups is 1. The average molecular weight is 310 g/mol. The number of benzene rings is 1. The summed E-state index contributed by atoms with van der Waals surface area (Å²) in [5.74, 6) is 0.690. The molecule has 120 valence electrons. The first-order valence-corrected chi connectivity index (χ1v) is 8.06. The molecule has 2 aromatic rings. The van der Waals surface area contributed by atoms with E-state index in [9.17, 15) is 4.79 Å². The Labute approximate surface area is 136 Å². The zero-order valence-corrected chi connectivity index (χ0v) is 13.7. The molecule has 0 aliphatic carbocycles. The smallest absolute Gasteiger partial charge is 0.251 e. The fourth-order valence-electron chi connectivity index (χ4n) is 2.71. The van der Waals surface area contributed by atoms with Crippen molar-refractivity contribution in [3.63, 3.8) is 0 Å². The summed E-state index contributed by atoms with van der Waals surface area (Å²) >= 11 is 0. The second kappa shape index (κ2) is 6.77. The molecule has 1 aromatic carbocycles. The maximum absolute atomic E-state index is 12.3. The highest BCUT2D eigenvalue weighted by Crippen LogP contribution is 2.15. The molecule has 0 radical (unpaired) electrons. The summed E-state index contributed by atoms with van der Waals surface area (Å²) in [5, 5.41) is 2.93. The van der Waals surface area contributed by atoms with Gasteiger partial charge in [0, 0.05) is 24.8 Å². The molecular weight excluding hydrogens is 288 g/mol. The highest BCUT2D eigenvalue weighted by atomic mass is 16.1. The fraction of sp³-hybridized carbons (Fsp3) is 0.389. The van der Waals surface area contributed by atoms with Gasteiger partial charge in [0.05, 0.1) is 12.2 Å². The number of carbonyl (C=O) groups excluding carboxylic acids is 1. The number of anilines is 1. The molecular formula is C18H22N4O. The average Bonchev–Trinajstić information content (AvgIpc) is 3.10. The van der Waals surface area contributed by atoms with Crippen molar-refractivity contribution >= 4 is 11.9 Å². The molecule has 1 aliphatic heterocycles. The van der Waals surface area contributed by atoms with Gasteiger partial charge in [0.15, 0.2) is 0 Å². The lowest BCUT2D eigenvalue weighted by Crippen LogP contribution is -2.25. The zero-order valence-electron chi connectivity index (χ0n) is 13.7. The monoisotopic (exact) mass is 310 g/mol. The molecule has 1 N–H and O–H groups in total. The molecule has 0 spiro atoms. The molecule has 1 aliphatic rings. The molecule has 2 heterocycles. The SMILES string of the molecule is Cc1ccc(C(=O)NCc2ccnc(N3CCCC3)n2)cc1C. The minimum atomic E-state index is -0.0746. The quantitative estimate of drug-likeness (QED) is 0.943. The van der Waals surface area contributed by atoms with E-state index in [1.54, 1.807) is 6.20 Å². The minimum absolute atomic E-state index is 0.0746. The van der Waals surface area contributed by atoms with Crippen LogP contribution in [0.2, 0.25) is 0 Å². The van der Waals surface area contributed by atoms with E-state index in [0.29, 0.717) is 12.1 Å². The molecule has 0 unspecified atom stereocenters. The van der Waals surface area contributed by atoms with E-state index in [0.717, 1.165) is 30.3 Å². The highest BCUT2D eigenvalue weighted by Gasteiger charge is 2.15. The normalized spacial score (nSPS) is 14.1. The lowest BCUT2D eigenvalue weighted by molar-refractivity contribution is 0.0950. The van der Waals surface area contributed by atoms with Gasteiger partial charge in [0.25, 0.3) is 5.91 Å². The lowest BCUT2D eigenvalue weighted by Gasteiger charge is -2.15. The zero-order chi connectivity index (χ0) is 16.2. The van der Waals surface area contributed by atoms with Crippen LogP contribution in [0.1, 0.15) is 40.0 Å². The van der Waals surface area contributed by atoms with Crippen LogP contribution >= 0.6 is 0 Å². The van der Waals surface area contributed by atoms with Gasteiger partial charge in [-0.1, -0.05) is 6.07 Å². The Morgan fingerprint density at radius 2 is 1.96 bits per heavy atom. The minimum Gasteiger partial charge on any atom is -0.346 e. The Bertz CT molecular complexity index is 708. The van der Waals surface area contributed by atoms with E-state index < -0.39 is 0 Å². The summed E-state index contributed by atoms with van der Waals surface area (Å²) < 4.78 is 0. The van der Waals surface area contributed by atoms with Crippen LogP contribution in [-0.4, -0.2) is 29.0 Å². The molecule has 5 nitrogen and oxygen atoms in total. The lowest BCUT2D eigenvalue weighted by atomic mass is 10.1. The maximum Gasteiger partial charge on any atom is 0.251 e. The number of nitrogens with zero attached hydrogens (tertiary/aromatic N) is 3. The van der Waals surface area contributed by atoms with Crippen molar-refractivity contribution in [1.29, 1.82) is 0 Å². The Morgan fingerprint density at radius 3 is 2.70 bits per heavy atom. The van der Waals surface area contributed by atoms with Crippen LogP contribution in [0.5, 0.6) is 0 Å². The van der Waals surface area contributed by atoms with Gasteiger partial charge in [-0.2, -0.15) is 0 Å². The van der Waals surface area contributed by atoms with Crippen molar-refractivity contribution in [2.24, 2.45) is 0 Å². The number of amides is 1. The molecule has 3 rings (SSSR count). The van der Waals surface area contributed by atoms with Gasteiger partial charge in [0.1, 0.15) is 0 Å². The largest absolute Gasteiger partial charge is 0.346 e. The van der Waals surface area contributed by atoms with Crippen LogP contribution in [-0.2, 0) is 6.54 Å². The standard InChI is InChI=1S/C18H22N4O/c1-13-5-6-15(11-14(13)2)17(23)20-12-16-7-8-19-18(21-16)22-9-3-4-10-22/h5-8,11H,3-4,9-10,12H2,1-2H3,(H,20,23). The van der Waals surface area contributed by atoms with Crippen LogP contribution < -0.4 is 10.2 Å². The van der Waals surface area contributed by atoms with Gasteiger partial charge in [-0.25, -0.2) is 9.97 Å². The number of rotatable bonds is 4. The van der Waals surface area contributed by atoms with Gasteiger partial charge < -0.3 is 10.2 Å². The summed E-state index contributed by atoms with van der Waals surface area (Å²) in [4.78, 5) is 23.3. The van der Waals surface area contributed by atoms with Crippen molar-refractivity contribution in [2.45, 2.75) is 33.2 Å². The first kappa shape index (κ1) is 15.5. The number of nitrogens with one attached hydrogen (secondary N) is 1. The van der Waals surface area contributed by atoms with Crippen molar-refractivity contribution in [3.8, 4) is 0 Å². The molecule has 1 amide bonds. The van der Waals surface area contributed by atoms with Crippen LogP contribution in [0, 0.1) is 13.8 Å². The van der Waals surface area contributed by atoms with Gasteiger partial charge in [-0.05, 0) is 56.0 Å². The van der Waals surface area contributed by atoms with Gasteiger partial charge >= 0.3 is 0 Å². The summed E-state index contributed by atoms with van der Waals surface area (Å²) in [5.41, 5.74) is 3.82. The Kier molecular flexibility index (Phi) is 4.55. The van der Waals surface area contributed by atoms with Crippen LogP contribution in [0.15, 0.2) is 30.5 Å². The van der Waals surface area contributed by atoms with E-state index in [2.05, 4.69) is 20.2 Å². The van der Waals surface area contributed by atoms with Crippen molar-refractivity contribution in [1.82, 2.24) is 15.3 Å². The molecule has 1 fully saturated rings. The maximum atomic E-state index is 12.3. The van der Waals surface area contributed by atoms with Crippen molar-refractivity contribution in [2.75, 3.05) is 18.0 Å². The number of hydrogen-bond donors (Lipinski definition) is 1. The molecule has 5 heteroatoms. The van der Waals surface area contributed by atoms with E-state index in [-0.39, 0.29) is 5.91 Å². The van der Waals surface area contributed by atoms with Gasteiger partial charge in [0.2, 0.25) is 5.95 Å². The second-order valence-electron chi connectivity index (χ2n) is 6.02. The molecule has 23 heavy (non-hydrogen) atoms. The van der Waals surface area contributed by atoms with Crippen molar-refractivity contribution < 1.29 is 4.79 Å². The highest BCUT2D eigenvalue weighted by molar-refractivity contribution is 5.94. The summed E-state index contributed by atoms with van der Waals surface area (Å²) in [6.45, 7) is 6.49. The van der Waals surface area contributed by atoms with Gasteiger partial charge in [-0.15, -0.1) is 0 Å². The Morgan fingerprint density at radius 1 is 1.17 bits per heavy atom. The fourth-order valence-corrected chi connectivity index (χ4v) is 2.71. The predicted octanol–water partition coefficient (Wildman–Crippen LogP) is 2.62.